The number of halogens is 1. The number of fused-ring (bicyclic) bond motifs is 1. The fourth-order valence-electron chi connectivity index (χ4n) is 3.30. The van der Waals surface area contributed by atoms with E-state index in [-0.39, 0.29) is 12.1 Å². The smallest absolute Gasteiger partial charge is 0.324 e. The van der Waals surface area contributed by atoms with E-state index in [1.165, 1.54) is 0 Å². The molecule has 0 spiro atoms. The number of rotatable bonds is 2. The molecule has 1 aromatic carbocycles. The summed E-state index contributed by atoms with van der Waals surface area (Å²) < 4.78 is 10.9. The number of carbonyl (C=O) groups excluding carboxylic acids is 1. The van der Waals surface area contributed by atoms with Gasteiger partial charge in [0.1, 0.15) is 6.10 Å². The third-order valence-electron chi connectivity index (χ3n) is 4.60. The van der Waals surface area contributed by atoms with Crippen LogP contribution in [0, 0.1) is 0 Å². The van der Waals surface area contributed by atoms with Gasteiger partial charge in [-0.15, -0.1) is 0 Å². The van der Waals surface area contributed by atoms with Gasteiger partial charge in [0.05, 0.1) is 29.5 Å². The van der Waals surface area contributed by atoms with Crippen molar-refractivity contribution in [1.29, 1.82) is 0 Å². The van der Waals surface area contributed by atoms with Gasteiger partial charge in [-0.25, -0.2) is 4.79 Å². The molecular formula is C17H23ClN2O4. The number of aliphatic hydroxyl groups is 1. The third kappa shape index (κ3) is 3.31. The number of carbonyl (C=O) groups is 1. The van der Waals surface area contributed by atoms with Crippen molar-refractivity contribution >= 4 is 23.3 Å². The van der Waals surface area contributed by atoms with Crippen LogP contribution >= 0.6 is 11.6 Å². The largest absolute Gasteiger partial charge is 0.485 e. The Bertz CT molecular complexity index is 617. The van der Waals surface area contributed by atoms with Gasteiger partial charge in [-0.05, 0) is 31.9 Å². The number of para-hydroxylation sites is 1. The SMILES string of the molecule is COCC1(O)CCN(C(=O)N2C[C@H](C)Oc3c(Cl)cccc32)CC1. The molecule has 0 radical (unpaired) electrons. The first-order chi connectivity index (χ1) is 11.4. The maximum Gasteiger partial charge on any atom is 0.324 e. The Hall–Kier alpha value is -1.50. The average Bonchev–Trinajstić information content (AvgIpc) is 2.55. The zero-order chi connectivity index (χ0) is 17.3. The molecule has 0 bridgehead atoms. The first-order valence-corrected chi connectivity index (χ1v) is 8.54. The van der Waals surface area contributed by atoms with Crippen molar-refractivity contribution in [3.05, 3.63) is 23.2 Å². The van der Waals surface area contributed by atoms with Crippen molar-refractivity contribution in [3.63, 3.8) is 0 Å². The van der Waals surface area contributed by atoms with Gasteiger partial charge in [0.2, 0.25) is 0 Å². The van der Waals surface area contributed by atoms with Gasteiger partial charge >= 0.3 is 6.03 Å². The van der Waals surface area contributed by atoms with Crippen LogP contribution in [0.3, 0.4) is 0 Å². The molecule has 1 fully saturated rings. The number of ether oxygens (including phenoxy) is 2. The first kappa shape index (κ1) is 17.3. The standard InChI is InChI=1S/C17H23ClN2O4/c1-12-10-20(14-5-3-4-13(18)15(14)24-12)16(21)19-8-6-17(22,7-9-19)11-23-2/h3-5,12,22H,6-11H2,1-2H3/t12-/m0/s1. The van der Waals surface area contributed by atoms with E-state index in [1.54, 1.807) is 23.0 Å². The second-order valence-corrected chi connectivity index (χ2v) is 6.96. The Kier molecular flexibility index (Phi) is 4.90. The van der Waals surface area contributed by atoms with Crippen LogP contribution < -0.4 is 9.64 Å². The van der Waals surface area contributed by atoms with E-state index in [2.05, 4.69) is 0 Å². The van der Waals surface area contributed by atoms with Crippen LogP contribution in [0.4, 0.5) is 10.5 Å². The number of benzene rings is 1. The molecule has 0 saturated carbocycles. The number of likely N-dealkylation sites (tertiary alicyclic amines) is 1. The summed E-state index contributed by atoms with van der Waals surface area (Å²) in [5, 5.41) is 10.9. The van der Waals surface area contributed by atoms with Gasteiger partial charge in [-0.2, -0.15) is 0 Å². The van der Waals surface area contributed by atoms with E-state index in [4.69, 9.17) is 21.1 Å². The molecule has 3 rings (SSSR count). The highest BCUT2D eigenvalue weighted by Gasteiger charge is 2.37. The lowest BCUT2D eigenvalue weighted by molar-refractivity contribution is -0.0645. The van der Waals surface area contributed by atoms with Crippen LogP contribution in [0.1, 0.15) is 19.8 Å². The lowest BCUT2D eigenvalue weighted by Gasteiger charge is -2.41. The molecule has 6 nitrogen and oxygen atoms in total. The fraction of sp³-hybridized carbons (Fsp3) is 0.588. The lowest BCUT2D eigenvalue weighted by atomic mass is 9.92. The molecule has 0 unspecified atom stereocenters. The van der Waals surface area contributed by atoms with Crippen LogP contribution in [0.25, 0.3) is 0 Å². The Labute approximate surface area is 146 Å². The molecule has 1 N–H and O–H groups in total. The normalized spacial score (nSPS) is 22.8. The van der Waals surface area contributed by atoms with E-state index in [1.807, 2.05) is 19.1 Å². The zero-order valence-electron chi connectivity index (χ0n) is 14.0. The quantitative estimate of drug-likeness (QED) is 0.886. The van der Waals surface area contributed by atoms with Gasteiger partial charge in [-0.3, -0.25) is 4.90 Å². The highest BCUT2D eigenvalue weighted by molar-refractivity contribution is 6.32. The first-order valence-electron chi connectivity index (χ1n) is 8.16. The molecule has 0 aromatic heterocycles. The zero-order valence-corrected chi connectivity index (χ0v) is 14.8. The number of amides is 2. The molecule has 0 aliphatic carbocycles. The van der Waals surface area contributed by atoms with E-state index in [0.717, 1.165) is 0 Å². The van der Waals surface area contributed by atoms with Gasteiger partial charge in [0.15, 0.2) is 5.75 Å². The highest BCUT2D eigenvalue weighted by atomic mass is 35.5. The molecule has 132 valence electrons. The Balaban J connectivity index is 1.76. The number of nitrogens with zero attached hydrogens (tertiary/aromatic N) is 2. The Morgan fingerprint density at radius 1 is 1.46 bits per heavy atom. The number of hydrogen-bond acceptors (Lipinski definition) is 4. The lowest BCUT2D eigenvalue weighted by Crippen LogP contribution is -2.54. The highest BCUT2D eigenvalue weighted by Crippen LogP contribution is 2.40. The van der Waals surface area contributed by atoms with Gasteiger partial charge < -0.3 is 19.5 Å². The molecule has 2 aliphatic rings. The molecule has 1 aromatic rings. The molecule has 1 saturated heterocycles. The number of anilines is 1. The second kappa shape index (κ2) is 6.78. The Morgan fingerprint density at radius 3 is 2.83 bits per heavy atom. The summed E-state index contributed by atoms with van der Waals surface area (Å²) in [5.41, 5.74) is -0.145. The second-order valence-electron chi connectivity index (χ2n) is 6.55. The minimum Gasteiger partial charge on any atom is -0.485 e. The van der Waals surface area contributed by atoms with E-state index < -0.39 is 5.60 Å². The van der Waals surface area contributed by atoms with Gasteiger partial charge in [0, 0.05) is 20.2 Å². The van der Waals surface area contributed by atoms with Crippen LogP contribution in [-0.2, 0) is 4.74 Å². The third-order valence-corrected chi connectivity index (χ3v) is 4.90. The van der Waals surface area contributed by atoms with Crippen LogP contribution in [0.5, 0.6) is 5.75 Å². The van der Waals surface area contributed by atoms with Crippen molar-refractivity contribution in [1.82, 2.24) is 4.90 Å². The average molecular weight is 355 g/mol. The summed E-state index contributed by atoms with van der Waals surface area (Å²) in [6.07, 6.45) is 0.889. The van der Waals surface area contributed by atoms with Gasteiger partial charge in [0.25, 0.3) is 0 Å². The van der Waals surface area contributed by atoms with E-state index in [0.29, 0.717) is 55.5 Å². The number of urea groups is 1. The van der Waals surface area contributed by atoms with Crippen LogP contribution in [0.2, 0.25) is 5.02 Å². The van der Waals surface area contributed by atoms with E-state index in [9.17, 15) is 9.90 Å². The van der Waals surface area contributed by atoms with Crippen molar-refractivity contribution in [2.75, 3.05) is 38.3 Å². The van der Waals surface area contributed by atoms with Crippen molar-refractivity contribution in [2.24, 2.45) is 0 Å². The topological polar surface area (TPSA) is 62.2 Å². The molecule has 2 aliphatic heterocycles. The number of methoxy groups -OCH3 is 1. The predicted octanol–water partition coefficient (Wildman–Crippen LogP) is 2.52. The fourth-order valence-corrected chi connectivity index (χ4v) is 3.51. The maximum absolute atomic E-state index is 13.0. The molecule has 2 heterocycles. The molecule has 24 heavy (non-hydrogen) atoms. The molecular weight excluding hydrogens is 332 g/mol. The monoisotopic (exact) mass is 354 g/mol. The van der Waals surface area contributed by atoms with E-state index >= 15 is 0 Å². The van der Waals surface area contributed by atoms with Gasteiger partial charge in [-0.1, -0.05) is 17.7 Å². The van der Waals surface area contributed by atoms with Crippen molar-refractivity contribution < 1.29 is 19.4 Å². The summed E-state index contributed by atoms with van der Waals surface area (Å²) >= 11 is 6.21. The summed E-state index contributed by atoms with van der Waals surface area (Å²) in [7, 11) is 1.57. The molecule has 7 heteroatoms. The van der Waals surface area contributed by atoms with Crippen molar-refractivity contribution in [2.45, 2.75) is 31.5 Å². The number of hydrogen-bond donors (Lipinski definition) is 1. The minimum atomic E-state index is -0.842. The molecule has 2 amide bonds. The van der Waals surface area contributed by atoms with Crippen LogP contribution in [-0.4, -0.2) is 61.1 Å². The maximum atomic E-state index is 13.0. The summed E-state index contributed by atoms with van der Waals surface area (Å²) in [4.78, 5) is 16.5. The number of piperidine rings is 1. The Morgan fingerprint density at radius 2 is 2.17 bits per heavy atom. The summed E-state index contributed by atoms with van der Waals surface area (Å²) in [5.74, 6) is 0.555. The summed E-state index contributed by atoms with van der Waals surface area (Å²) in [6, 6.07) is 5.34. The predicted molar refractivity (Wildman–Crippen MR) is 91.9 cm³/mol. The van der Waals surface area contributed by atoms with Crippen LogP contribution in [0.15, 0.2) is 18.2 Å². The summed E-state index contributed by atoms with van der Waals surface area (Å²) in [6.45, 7) is 3.69. The minimum absolute atomic E-state index is 0.0758. The van der Waals surface area contributed by atoms with Crippen molar-refractivity contribution in [3.8, 4) is 5.75 Å². The molecule has 1 atom stereocenters.